The van der Waals surface area contributed by atoms with Gasteiger partial charge in [0.2, 0.25) is 0 Å². The maximum absolute atomic E-state index is 8.96. The second kappa shape index (κ2) is 6.99. The zero-order chi connectivity index (χ0) is 15.5. The molecular formula is C18H28N2O2. The molecule has 2 atom stereocenters. The summed E-state index contributed by atoms with van der Waals surface area (Å²) in [6, 6.07) is 8.89. The Balaban J connectivity index is 1.66. The Morgan fingerprint density at radius 2 is 2.00 bits per heavy atom. The molecule has 4 heteroatoms. The van der Waals surface area contributed by atoms with Crippen molar-refractivity contribution in [3.05, 3.63) is 29.8 Å². The van der Waals surface area contributed by atoms with Gasteiger partial charge in [0.05, 0.1) is 6.61 Å². The minimum absolute atomic E-state index is 0.0600. The molecule has 2 fully saturated rings. The van der Waals surface area contributed by atoms with Crippen LogP contribution in [0.3, 0.4) is 0 Å². The Bertz CT molecular complexity index is 478. The van der Waals surface area contributed by atoms with E-state index in [1.807, 2.05) is 12.1 Å². The highest BCUT2D eigenvalue weighted by Gasteiger charge is 2.43. The van der Waals surface area contributed by atoms with Gasteiger partial charge >= 0.3 is 0 Å². The van der Waals surface area contributed by atoms with E-state index in [4.69, 9.17) is 9.84 Å². The molecule has 1 saturated carbocycles. The average molecular weight is 304 g/mol. The average Bonchev–Trinajstić information content (AvgIpc) is 3.27. The summed E-state index contributed by atoms with van der Waals surface area (Å²) in [5.74, 6) is 2.67. The Hall–Kier alpha value is -1.10. The summed E-state index contributed by atoms with van der Waals surface area (Å²) in [6.07, 6.45) is 2.83. The van der Waals surface area contributed by atoms with E-state index in [1.165, 1.54) is 24.9 Å². The lowest BCUT2D eigenvalue weighted by Crippen LogP contribution is -2.36. The number of aliphatic hydroxyl groups is 1. The van der Waals surface area contributed by atoms with Crippen LogP contribution in [0, 0.1) is 11.8 Å². The molecule has 1 aromatic carbocycles. The molecule has 1 aliphatic carbocycles. The number of hydrogen-bond acceptors (Lipinski definition) is 4. The van der Waals surface area contributed by atoms with E-state index in [0.29, 0.717) is 12.6 Å². The van der Waals surface area contributed by atoms with Crippen molar-refractivity contribution in [3.63, 3.8) is 0 Å². The molecule has 0 radical (unpaired) electrons. The van der Waals surface area contributed by atoms with E-state index in [2.05, 4.69) is 36.0 Å². The number of para-hydroxylation sites is 1. The number of rotatable bonds is 7. The molecule has 2 unspecified atom stereocenters. The first-order valence-corrected chi connectivity index (χ1v) is 8.39. The van der Waals surface area contributed by atoms with Crippen LogP contribution in [-0.2, 0) is 6.54 Å². The van der Waals surface area contributed by atoms with Crippen LogP contribution in [0.15, 0.2) is 24.3 Å². The minimum Gasteiger partial charge on any atom is -0.491 e. The van der Waals surface area contributed by atoms with Gasteiger partial charge in [-0.15, -0.1) is 0 Å². The summed E-state index contributed by atoms with van der Waals surface area (Å²) in [5.41, 5.74) is 1.23. The predicted molar refractivity (Wildman–Crippen MR) is 88.0 cm³/mol. The highest BCUT2D eigenvalue weighted by Crippen LogP contribution is 2.43. The number of ether oxygens (including phenoxy) is 1. The summed E-state index contributed by atoms with van der Waals surface area (Å²) >= 11 is 0. The molecule has 1 heterocycles. The fourth-order valence-corrected chi connectivity index (χ4v) is 3.73. The van der Waals surface area contributed by atoms with Gasteiger partial charge in [0.1, 0.15) is 12.4 Å². The summed E-state index contributed by atoms with van der Waals surface area (Å²) in [7, 11) is 4.42. The molecule has 1 aromatic rings. The zero-order valence-corrected chi connectivity index (χ0v) is 13.7. The molecule has 1 aliphatic heterocycles. The lowest BCUT2D eigenvalue weighted by molar-refractivity contribution is 0.198. The van der Waals surface area contributed by atoms with Crippen LogP contribution >= 0.6 is 0 Å². The van der Waals surface area contributed by atoms with Crippen molar-refractivity contribution in [2.45, 2.75) is 25.4 Å². The summed E-state index contributed by atoms with van der Waals surface area (Å²) in [5, 5.41) is 8.96. The Morgan fingerprint density at radius 3 is 2.68 bits per heavy atom. The van der Waals surface area contributed by atoms with Gasteiger partial charge in [-0.3, -0.25) is 4.90 Å². The lowest BCUT2D eigenvalue weighted by Gasteiger charge is -2.25. The topological polar surface area (TPSA) is 35.9 Å². The SMILES string of the molecule is CN(C)C1CN(Cc2ccccc2OCCO)CC1C1CC1. The number of benzene rings is 1. The van der Waals surface area contributed by atoms with Crippen LogP contribution in [0.25, 0.3) is 0 Å². The van der Waals surface area contributed by atoms with Crippen molar-refractivity contribution in [2.75, 3.05) is 40.4 Å². The highest BCUT2D eigenvalue weighted by molar-refractivity contribution is 5.33. The quantitative estimate of drug-likeness (QED) is 0.834. The van der Waals surface area contributed by atoms with Gasteiger partial charge in [-0.1, -0.05) is 18.2 Å². The number of hydrogen-bond donors (Lipinski definition) is 1. The maximum atomic E-state index is 8.96. The van der Waals surface area contributed by atoms with Gasteiger partial charge in [0.25, 0.3) is 0 Å². The summed E-state index contributed by atoms with van der Waals surface area (Å²) in [4.78, 5) is 4.96. The van der Waals surface area contributed by atoms with E-state index < -0.39 is 0 Å². The zero-order valence-electron chi connectivity index (χ0n) is 13.7. The second-order valence-electron chi connectivity index (χ2n) is 6.91. The second-order valence-corrected chi connectivity index (χ2v) is 6.91. The normalized spacial score (nSPS) is 25.8. The smallest absolute Gasteiger partial charge is 0.123 e. The van der Waals surface area contributed by atoms with E-state index in [1.54, 1.807) is 0 Å². The van der Waals surface area contributed by atoms with Gasteiger partial charge in [-0.05, 0) is 44.8 Å². The van der Waals surface area contributed by atoms with Gasteiger partial charge in [-0.2, -0.15) is 0 Å². The number of likely N-dealkylation sites (tertiary alicyclic amines) is 1. The molecular weight excluding hydrogens is 276 g/mol. The first-order valence-electron chi connectivity index (χ1n) is 8.39. The third-order valence-electron chi connectivity index (χ3n) is 5.01. The largest absolute Gasteiger partial charge is 0.491 e. The van der Waals surface area contributed by atoms with Crippen molar-refractivity contribution in [1.29, 1.82) is 0 Å². The number of likely N-dealkylation sites (N-methyl/N-ethyl adjacent to an activating group) is 1. The van der Waals surface area contributed by atoms with Crippen LogP contribution in [0.5, 0.6) is 5.75 Å². The Morgan fingerprint density at radius 1 is 1.23 bits per heavy atom. The van der Waals surface area contributed by atoms with Gasteiger partial charge in [0.15, 0.2) is 0 Å². The molecule has 122 valence electrons. The molecule has 2 aliphatic rings. The summed E-state index contributed by atoms with van der Waals surface area (Å²) < 4.78 is 5.67. The molecule has 1 saturated heterocycles. The van der Waals surface area contributed by atoms with Crippen LogP contribution < -0.4 is 4.74 Å². The van der Waals surface area contributed by atoms with Gasteiger partial charge in [0, 0.05) is 31.2 Å². The monoisotopic (exact) mass is 304 g/mol. The molecule has 3 rings (SSSR count). The first-order chi connectivity index (χ1) is 10.7. The molecule has 4 nitrogen and oxygen atoms in total. The summed E-state index contributed by atoms with van der Waals surface area (Å²) in [6.45, 7) is 3.70. The first kappa shape index (κ1) is 15.8. The molecule has 0 amide bonds. The molecule has 0 spiro atoms. The molecule has 22 heavy (non-hydrogen) atoms. The third kappa shape index (κ3) is 3.62. The Labute approximate surface area is 133 Å². The van der Waals surface area contributed by atoms with Crippen molar-refractivity contribution in [2.24, 2.45) is 11.8 Å². The van der Waals surface area contributed by atoms with Gasteiger partial charge in [-0.25, -0.2) is 0 Å². The predicted octanol–water partition coefficient (Wildman–Crippen LogP) is 1.83. The van der Waals surface area contributed by atoms with Crippen molar-refractivity contribution < 1.29 is 9.84 Å². The van der Waals surface area contributed by atoms with E-state index in [-0.39, 0.29) is 6.61 Å². The highest BCUT2D eigenvalue weighted by atomic mass is 16.5. The van der Waals surface area contributed by atoms with E-state index in [0.717, 1.165) is 30.7 Å². The fourth-order valence-electron chi connectivity index (χ4n) is 3.73. The molecule has 1 N–H and O–H groups in total. The van der Waals surface area contributed by atoms with Crippen molar-refractivity contribution in [1.82, 2.24) is 9.80 Å². The van der Waals surface area contributed by atoms with Crippen molar-refractivity contribution >= 4 is 0 Å². The van der Waals surface area contributed by atoms with E-state index in [9.17, 15) is 0 Å². The number of aliphatic hydroxyl groups excluding tert-OH is 1. The van der Waals surface area contributed by atoms with Crippen LogP contribution in [0.4, 0.5) is 0 Å². The number of nitrogens with zero attached hydrogens (tertiary/aromatic N) is 2. The van der Waals surface area contributed by atoms with E-state index >= 15 is 0 Å². The maximum Gasteiger partial charge on any atom is 0.123 e. The third-order valence-corrected chi connectivity index (χ3v) is 5.01. The minimum atomic E-state index is 0.0600. The molecule has 0 bridgehead atoms. The lowest BCUT2D eigenvalue weighted by atomic mass is 9.97. The van der Waals surface area contributed by atoms with Crippen molar-refractivity contribution in [3.8, 4) is 5.75 Å². The standard InChI is InChI=1S/C18H28N2O2/c1-19(2)17-13-20(12-16(17)14-7-8-14)11-15-5-3-4-6-18(15)22-10-9-21/h3-6,14,16-17,21H,7-13H2,1-2H3. The molecule has 0 aromatic heterocycles. The fraction of sp³-hybridized carbons (Fsp3) is 0.667. The van der Waals surface area contributed by atoms with Crippen LogP contribution in [0.2, 0.25) is 0 Å². The van der Waals surface area contributed by atoms with Crippen LogP contribution in [-0.4, -0.2) is 61.3 Å². The van der Waals surface area contributed by atoms with Crippen LogP contribution in [0.1, 0.15) is 18.4 Å². The van der Waals surface area contributed by atoms with Gasteiger partial charge < -0.3 is 14.7 Å². The Kier molecular flexibility index (Phi) is 5.01.